The van der Waals surface area contributed by atoms with Gasteiger partial charge in [-0.3, -0.25) is 4.79 Å². The van der Waals surface area contributed by atoms with Crippen LogP contribution in [0.2, 0.25) is 0 Å². The van der Waals surface area contributed by atoms with Crippen molar-refractivity contribution < 1.29 is 14.3 Å². The van der Waals surface area contributed by atoms with Gasteiger partial charge in [-0.05, 0) is 27.2 Å². The summed E-state index contributed by atoms with van der Waals surface area (Å²) in [4.78, 5) is 14.3. The van der Waals surface area contributed by atoms with Gasteiger partial charge in [-0.25, -0.2) is 0 Å². The van der Waals surface area contributed by atoms with Gasteiger partial charge in [0.2, 0.25) is 5.91 Å². The van der Waals surface area contributed by atoms with Gasteiger partial charge in [-0.2, -0.15) is 0 Å². The molecule has 0 N–H and O–H groups in total. The Kier molecular flexibility index (Phi) is 4.19. The van der Waals surface area contributed by atoms with Gasteiger partial charge in [0.05, 0.1) is 36.2 Å². The van der Waals surface area contributed by atoms with E-state index in [1.807, 2.05) is 25.7 Å². The molecule has 0 aromatic rings. The SMILES string of the molecule is CC1CC(C(=O)N2CC(CCl)OC(C)(C)C2)CO1. The number of nitrogens with zero attached hydrogens (tertiary/aromatic N) is 1. The van der Waals surface area contributed by atoms with Gasteiger partial charge in [0, 0.05) is 13.1 Å². The number of rotatable bonds is 2. The molecule has 0 radical (unpaired) electrons. The summed E-state index contributed by atoms with van der Waals surface area (Å²) in [6.07, 6.45) is 0.943. The number of carbonyl (C=O) groups excluding carboxylic acids is 1. The van der Waals surface area contributed by atoms with E-state index in [1.54, 1.807) is 0 Å². The van der Waals surface area contributed by atoms with Crippen LogP contribution in [-0.2, 0) is 14.3 Å². The zero-order chi connectivity index (χ0) is 13.3. The lowest BCUT2D eigenvalue weighted by atomic mass is 10.0. The number of alkyl halides is 1. The number of hydrogen-bond donors (Lipinski definition) is 0. The lowest BCUT2D eigenvalue weighted by Crippen LogP contribution is -2.56. The van der Waals surface area contributed by atoms with Crippen LogP contribution < -0.4 is 0 Å². The van der Waals surface area contributed by atoms with E-state index in [0.29, 0.717) is 25.6 Å². The highest BCUT2D eigenvalue weighted by molar-refractivity contribution is 6.18. The van der Waals surface area contributed by atoms with Crippen LogP contribution in [0.5, 0.6) is 0 Å². The van der Waals surface area contributed by atoms with E-state index >= 15 is 0 Å². The van der Waals surface area contributed by atoms with E-state index in [-0.39, 0.29) is 29.6 Å². The van der Waals surface area contributed by atoms with E-state index < -0.39 is 0 Å². The molecule has 0 aliphatic carbocycles. The summed E-state index contributed by atoms with van der Waals surface area (Å²) in [6.45, 7) is 7.78. The predicted octanol–water partition coefficient (Wildman–Crippen LogP) is 1.66. The maximum atomic E-state index is 12.4. The van der Waals surface area contributed by atoms with Crippen molar-refractivity contribution in [2.75, 3.05) is 25.6 Å². The molecule has 0 spiro atoms. The third-order valence-corrected chi connectivity index (χ3v) is 3.86. The summed E-state index contributed by atoms with van der Waals surface area (Å²) in [6, 6.07) is 0. The van der Waals surface area contributed by atoms with E-state index in [1.165, 1.54) is 0 Å². The summed E-state index contributed by atoms with van der Waals surface area (Å²) >= 11 is 5.87. The van der Waals surface area contributed by atoms with Gasteiger partial charge in [0.1, 0.15) is 0 Å². The van der Waals surface area contributed by atoms with Crippen LogP contribution in [0.15, 0.2) is 0 Å². The van der Waals surface area contributed by atoms with Crippen LogP contribution in [0.4, 0.5) is 0 Å². The van der Waals surface area contributed by atoms with Gasteiger partial charge in [0.15, 0.2) is 0 Å². The molecular formula is C13H22ClNO3. The Bertz CT molecular complexity index is 321. The number of hydrogen-bond acceptors (Lipinski definition) is 3. The molecule has 0 bridgehead atoms. The zero-order valence-corrected chi connectivity index (χ0v) is 12.1. The second-order valence-corrected chi connectivity index (χ2v) is 6.26. The zero-order valence-electron chi connectivity index (χ0n) is 11.3. The number of halogens is 1. The predicted molar refractivity (Wildman–Crippen MR) is 69.8 cm³/mol. The van der Waals surface area contributed by atoms with Crippen molar-refractivity contribution in [2.45, 2.75) is 45.0 Å². The molecule has 0 saturated carbocycles. The molecule has 2 saturated heterocycles. The highest BCUT2D eigenvalue weighted by Gasteiger charge is 2.39. The van der Waals surface area contributed by atoms with Gasteiger partial charge in [0.25, 0.3) is 0 Å². The highest BCUT2D eigenvalue weighted by Crippen LogP contribution is 2.26. The average molecular weight is 276 g/mol. The lowest BCUT2D eigenvalue weighted by molar-refractivity contribution is -0.161. The maximum Gasteiger partial charge on any atom is 0.228 e. The Morgan fingerprint density at radius 3 is 2.78 bits per heavy atom. The third kappa shape index (κ3) is 3.16. The molecule has 0 aromatic heterocycles. The summed E-state index contributed by atoms with van der Waals surface area (Å²) in [5, 5.41) is 0. The number of amides is 1. The van der Waals surface area contributed by atoms with Gasteiger partial charge in [-0.1, -0.05) is 0 Å². The minimum Gasteiger partial charge on any atom is -0.378 e. The lowest BCUT2D eigenvalue weighted by Gasteiger charge is -2.43. The molecule has 5 heteroatoms. The van der Waals surface area contributed by atoms with E-state index in [2.05, 4.69) is 0 Å². The van der Waals surface area contributed by atoms with Crippen molar-refractivity contribution in [1.82, 2.24) is 4.90 Å². The van der Waals surface area contributed by atoms with Crippen molar-refractivity contribution in [3.8, 4) is 0 Å². The normalized spacial score (nSPS) is 35.8. The molecule has 2 rings (SSSR count). The highest BCUT2D eigenvalue weighted by atomic mass is 35.5. The fourth-order valence-corrected chi connectivity index (χ4v) is 2.95. The van der Waals surface area contributed by atoms with Crippen LogP contribution in [0.3, 0.4) is 0 Å². The van der Waals surface area contributed by atoms with Crippen molar-refractivity contribution >= 4 is 17.5 Å². The minimum absolute atomic E-state index is 0.00451. The Morgan fingerprint density at radius 2 is 2.22 bits per heavy atom. The van der Waals surface area contributed by atoms with Crippen LogP contribution in [-0.4, -0.2) is 54.2 Å². The Hall–Kier alpha value is -0.320. The van der Waals surface area contributed by atoms with Gasteiger partial charge >= 0.3 is 0 Å². The Labute approximate surface area is 114 Å². The average Bonchev–Trinajstić information content (AvgIpc) is 2.72. The van der Waals surface area contributed by atoms with Crippen molar-refractivity contribution in [1.29, 1.82) is 0 Å². The summed E-state index contributed by atoms with van der Waals surface area (Å²) in [5.41, 5.74) is -0.321. The van der Waals surface area contributed by atoms with Gasteiger partial charge in [-0.15, -0.1) is 11.6 Å². The quantitative estimate of drug-likeness (QED) is 0.720. The fraction of sp³-hybridized carbons (Fsp3) is 0.923. The molecular weight excluding hydrogens is 254 g/mol. The Balaban J connectivity index is 2.00. The summed E-state index contributed by atoms with van der Waals surface area (Å²) in [5.74, 6) is 0.612. The molecule has 18 heavy (non-hydrogen) atoms. The molecule has 104 valence electrons. The number of ether oxygens (including phenoxy) is 2. The van der Waals surface area contributed by atoms with Gasteiger partial charge < -0.3 is 14.4 Å². The molecule has 0 aromatic carbocycles. The third-order valence-electron chi connectivity index (χ3n) is 3.51. The molecule has 3 unspecified atom stereocenters. The molecule has 2 fully saturated rings. The van der Waals surface area contributed by atoms with Crippen molar-refractivity contribution in [2.24, 2.45) is 5.92 Å². The maximum absolute atomic E-state index is 12.4. The first-order chi connectivity index (χ1) is 8.41. The standard InChI is InChI=1S/C13H22ClNO3/c1-9-4-10(7-17-9)12(16)15-6-11(5-14)18-13(2,3)8-15/h9-11H,4-8H2,1-3H3. The molecule has 1 amide bonds. The van der Waals surface area contributed by atoms with Crippen molar-refractivity contribution in [3.05, 3.63) is 0 Å². The second-order valence-electron chi connectivity index (χ2n) is 5.95. The fourth-order valence-electron chi connectivity index (χ4n) is 2.79. The van der Waals surface area contributed by atoms with Crippen LogP contribution in [0.25, 0.3) is 0 Å². The largest absolute Gasteiger partial charge is 0.378 e. The second kappa shape index (κ2) is 5.35. The first kappa shape index (κ1) is 14.1. The molecule has 2 aliphatic heterocycles. The first-order valence-electron chi connectivity index (χ1n) is 6.55. The summed E-state index contributed by atoms with van der Waals surface area (Å²) in [7, 11) is 0. The number of carbonyl (C=O) groups is 1. The molecule has 4 nitrogen and oxygen atoms in total. The minimum atomic E-state index is -0.321. The van der Waals surface area contributed by atoms with Crippen molar-refractivity contribution in [3.63, 3.8) is 0 Å². The monoisotopic (exact) mass is 275 g/mol. The van der Waals surface area contributed by atoms with E-state index in [9.17, 15) is 4.79 Å². The molecule has 2 heterocycles. The Morgan fingerprint density at radius 1 is 1.50 bits per heavy atom. The van der Waals surface area contributed by atoms with Crippen LogP contribution in [0.1, 0.15) is 27.2 Å². The number of morpholine rings is 1. The van der Waals surface area contributed by atoms with Crippen LogP contribution >= 0.6 is 11.6 Å². The molecule has 3 atom stereocenters. The summed E-state index contributed by atoms with van der Waals surface area (Å²) < 4.78 is 11.3. The topological polar surface area (TPSA) is 38.8 Å². The van der Waals surface area contributed by atoms with Crippen LogP contribution in [0, 0.1) is 5.92 Å². The first-order valence-corrected chi connectivity index (χ1v) is 7.09. The van der Waals surface area contributed by atoms with E-state index in [0.717, 1.165) is 6.42 Å². The molecule has 2 aliphatic rings. The van der Waals surface area contributed by atoms with E-state index in [4.69, 9.17) is 21.1 Å². The smallest absolute Gasteiger partial charge is 0.228 e.